The average Bonchev–Trinajstić information content (AvgIpc) is 2.66. The lowest BCUT2D eigenvalue weighted by atomic mass is 9.69. The topological polar surface area (TPSA) is 142 Å². The molecule has 5 N–H and O–H groups in total. The minimum atomic E-state index is -0.997. The van der Waals surface area contributed by atoms with Crippen molar-refractivity contribution < 1.29 is 29.0 Å². The molecule has 0 rings (SSSR count). The normalized spacial score (nSPS) is 15.2. The van der Waals surface area contributed by atoms with Gasteiger partial charge in [0.15, 0.2) is 0 Å². The quantitative estimate of drug-likeness (QED) is 0.321. The Morgan fingerprint density at radius 1 is 1.00 bits per heavy atom. The molecule has 8 heteroatoms. The Balaban J connectivity index is 5.29. The smallest absolute Gasteiger partial charge is 0.404 e. The van der Waals surface area contributed by atoms with Crippen LogP contribution in [0.3, 0.4) is 0 Å². The van der Waals surface area contributed by atoms with Crippen molar-refractivity contribution in [2.45, 2.75) is 98.2 Å². The summed E-state index contributed by atoms with van der Waals surface area (Å²) in [6.07, 6.45) is 5.49. The number of primary amides is 2. The van der Waals surface area contributed by atoms with Gasteiger partial charge in [-0.1, -0.05) is 46.1 Å². The molecule has 0 bridgehead atoms. The number of nitrogens with two attached hydrogens (primary N) is 2. The lowest BCUT2D eigenvalue weighted by Gasteiger charge is -2.38. The molecule has 0 fully saturated rings. The van der Waals surface area contributed by atoms with Crippen molar-refractivity contribution in [1.82, 2.24) is 0 Å². The van der Waals surface area contributed by atoms with E-state index < -0.39 is 24.3 Å². The molecule has 0 aliphatic carbocycles. The Kier molecular flexibility index (Phi) is 12.8. The molecular formula is C22H40N2O6. The number of aliphatic carboxylic acids is 1. The Bertz CT molecular complexity index is 586. The summed E-state index contributed by atoms with van der Waals surface area (Å²) in [5.41, 5.74) is 10.5. The molecule has 0 aliphatic rings. The molecule has 0 heterocycles. The van der Waals surface area contributed by atoms with E-state index in [1.54, 1.807) is 6.08 Å². The van der Waals surface area contributed by atoms with Crippen LogP contribution in [0.2, 0.25) is 0 Å². The van der Waals surface area contributed by atoms with Crippen molar-refractivity contribution in [2.24, 2.45) is 22.8 Å². The molecular weight excluding hydrogens is 388 g/mol. The number of ether oxygens (including phenoxy) is 2. The molecule has 0 aromatic rings. The molecule has 0 aliphatic heterocycles. The Hall–Kier alpha value is -2.25. The van der Waals surface area contributed by atoms with Crippen LogP contribution in [0.25, 0.3) is 0 Å². The van der Waals surface area contributed by atoms with Crippen molar-refractivity contribution in [3.8, 4) is 0 Å². The second-order valence-electron chi connectivity index (χ2n) is 8.20. The highest BCUT2D eigenvalue weighted by Gasteiger charge is 2.33. The highest BCUT2D eigenvalue weighted by atomic mass is 16.6. The molecule has 3 atom stereocenters. The second kappa shape index (κ2) is 13.9. The third kappa shape index (κ3) is 11.1. The van der Waals surface area contributed by atoms with E-state index in [0.717, 1.165) is 38.5 Å². The first-order chi connectivity index (χ1) is 14.0. The number of carbonyl (C=O) groups excluding carboxylic acids is 2. The van der Waals surface area contributed by atoms with E-state index in [1.165, 1.54) is 6.92 Å². The number of rotatable bonds is 15. The predicted molar refractivity (Wildman–Crippen MR) is 116 cm³/mol. The van der Waals surface area contributed by atoms with E-state index in [1.807, 2.05) is 6.92 Å². The Morgan fingerprint density at radius 3 is 2.00 bits per heavy atom. The van der Waals surface area contributed by atoms with Crippen molar-refractivity contribution in [3.63, 3.8) is 0 Å². The summed E-state index contributed by atoms with van der Waals surface area (Å²) in [7, 11) is 0. The van der Waals surface area contributed by atoms with Gasteiger partial charge in [-0.2, -0.15) is 0 Å². The fourth-order valence-corrected chi connectivity index (χ4v) is 3.92. The van der Waals surface area contributed by atoms with Gasteiger partial charge in [0.2, 0.25) is 0 Å². The fraction of sp³-hybridized carbons (Fsp3) is 0.773. The average molecular weight is 429 g/mol. The standard InChI is InChI=1S/C22H40N2O6/c1-6-17(11-10-16(5)29-20(23)27)13-22(7-2,8-3)14-18(30-21(24)28)12-9-15(4)19(25)26/h9,16-18H,6-8,10-14H2,1-5H3,(H2,23,27)(H2,24,28)(H,25,26). The van der Waals surface area contributed by atoms with Crippen LogP contribution in [0.15, 0.2) is 11.6 Å². The lowest BCUT2D eigenvalue weighted by Crippen LogP contribution is -2.32. The largest absolute Gasteiger partial charge is 0.478 e. The molecule has 30 heavy (non-hydrogen) atoms. The minimum Gasteiger partial charge on any atom is -0.478 e. The molecule has 0 spiro atoms. The van der Waals surface area contributed by atoms with Crippen molar-refractivity contribution in [1.29, 1.82) is 0 Å². The van der Waals surface area contributed by atoms with Crippen molar-refractivity contribution in [2.75, 3.05) is 0 Å². The zero-order valence-electron chi connectivity index (χ0n) is 19.1. The van der Waals surface area contributed by atoms with Gasteiger partial charge in [0.25, 0.3) is 0 Å². The highest BCUT2D eigenvalue weighted by Crippen LogP contribution is 2.42. The third-order valence-corrected chi connectivity index (χ3v) is 6.07. The number of amides is 2. The first-order valence-electron chi connectivity index (χ1n) is 10.8. The summed E-state index contributed by atoms with van der Waals surface area (Å²) in [4.78, 5) is 33.4. The van der Waals surface area contributed by atoms with E-state index >= 15 is 0 Å². The maximum Gasteiger partial charge on any atom is 0.404 e. The first kappa shape index (κ1) is 27.8. The second-order valence-corrected chi connectivity index (χ2v) is 8.20. The van der Waals surface area contributed by atoms with E-state index in [2.05, 4.69) is 20.8 Å². The molecule has 0 aromatic heterocycles. The molecule has 2 amide bonds. The SMILES string of the molecule is CCC(CCC(C)OC(N)=O)CC(CC)(CC)CC(CC=C(C)C(=O)O)OC(N)=O. The Labute approximate surface area is 180 Å². The maximum absolute atomic E-state index is 11.4. The van der Waals surface area contributed by atoms with Gasteiger partial charge < -0.3 is 26.0 Å². The summed E-state index contributed by atoms with van der Waals surface area (Å²) >= 11 is 0. The number of carboxylic acids is 1. The summed E-state index contributed by atoms with van der Waals surface area (Å²) < 4.78 is 10.3. The van der Waals surface area contributed by atoms with E-state index in [9.17, 15) is 14.4 Å². The van der Waals surface area contributed by atoms with Crippen LogP contribution in [0.5, 0.6) is 0 Å². The van der Waals surface area contributed by atoms with Gasteiger partial charge in [-0.15, -0.1) is 0 Å². The van der Waals surface area contributed by atoms with E-state index in [0.29, 0.717) is 18.8 Å². The van der Waals surface area contributed by atoms with Crippen LogP contribution in [0.4, 0.5) is 9.59 Å². The molecule has 8 nitrogen and oxygen atoms in total. The number of carboxylic acid groups (broad SMARTS) is 1. The molecule has 0 aromatic carbocycles. The summed E-state index contributed by atoms with van der Waals surface area (Å²) in [5, 5.41) is 9.07. The van der Waals surface area contributed by atoms with Crippen LogP contribution in [0.1, 0.15) is 86.0 Å². The van der Waals surface area contributed by atoms with Crippen molar-refractivity contribution in [3.05, 3.63) is 11.6 Å². The summed E-state index contributed by atoms with van der Waals surface area (Å²) in [6.45, 7) is 9.72. The van der Waals surface area contributed by atoms with Crippen LogP contribution in [-0.2, 0) is 14.3 Å². The van der Waals surface area contributed by atoms with Crippen LogP contribution < -0.4 is 11.5 Å². The maximum atomic E-state index is 11.4. The Morgan fingerprint density at radius 2 is 1.57 bits per heavy atom. The van der Waals surface area contributed by atoms with Crippen LogP contribution >= 0.6 is 0 Å². The van der Waals surface area contributed by atoms with Crippen LogP contribution in [-0.4, -0.2) is 35.5 Å². The molecule has 3 unspecified atom stereocenters. The zero-order valence-corrected chi connectivity index (χ0v) is 19.1. The first-order valence-corrected chi connectivity index (χ1v) is 10.8. The fourth-order valence-electron chi connectivity index (χ4n) is 3.92. The third-order valence-electron chi connectivity index (χ3n) is 6.07. The van der Waals surface area contributed by atoms with Gasteiger partial charge in [0.05, 0.1) is 0 Å². The van der Waals surface area contributed by atoms with Gasteiger partial charge in [-0.3, -0.25) is 0 Å². The number of hydrogen-bond donors (Lipinski definition) is 3. The minimum absolute atomic E-state index is 0.0699. The van der Waals surface area contributed by atoms with Crippen molar-refractivity contribution >= 4 is 18.2 Å². The zero-order chi connectivity index (χ0) is 23.3. The lowest BCUT2D eigenvalue weighted by molar-refractivity contribution is -0.132. The monoisotopic (exact) mass is 428 g/mol. The number of hydrogen-bond acceptors (Lipinski definition) is 5. The van der Waals surface area contributed by atoms with Gasteiger partial charge in [0.1, 0.15) is 12.2 Å². The molecule has 174 valence electrons. The highest BCUT2D eigenvalue weighted by molar-refractivity contribution is 5.85. The predicted octanol–water partition coefficient (Wildman–Crippen LogP) is 4.75. The summed E-state index contributed by atoms with van der Waals surface area (Å²) in [5.74, 6) is -0.585. The van der Waals surface area contributed by atoms with Crippen LogP contribution in [0, 0.1) is 11.3 Å². The van der Waals surface area contributed by atoms with Gasteiger partial charge >= 0.3 is 18.2 Å². The molecule has 0 saturated carbocycles. The number of carbonyl (C=O) groups is 3. The van der Waals surface area contributed by atoms with Gasteiger partial charge in [0, 0.05) is 12.0 Å². The molecule has 0 saturated heterocycles. The van der Waals surface area contributed by atoms with E-state index in [-0.39, 0.29) is 17.1 Å². The van der Waals surface area contributed by atoms with Gasteiger partial charge in [-0.25, -0.2) is 14.4 Å². The van der Waals surface area contributed by atoms with E-state index in [4.69, 9.17) is 26.0 Å². The van der Waals surface area contributed by atoms with Gasteiger partial charge in [-0.05, 0) is 50.9 Å². The molecule has 0 radical (unpaired) electrons. The summed E-state index contributed by atoms with van der Waals surface area (Å²) in [6, 6.07) is 0.